The van der Waals surface area contributed by atoms with Crippen LogP contribution in [0.15, 0.2) is 78.9 Å². The number of methoxy groups -OCH3 is 2. The molecule has 3 aromatic rings. The van der Waals surface area contributed by atoms with Crippen LogP contribution in [0.3, 0.4) is 0 Å². The molecule has 1 unspecified atom stereocenters. The van der Waals surface area contributed by atoms with Crippen molar-refractivity contribution in [2.75, 3.05) is 40.6 Å². The minimum atomic E-state index is -0.998. The molecule has 3 aromatic carbocycles. The Morgan fingerprint density at radius 2 is 1.31 bits per heavy atom. The number of carbonyl (C=O) groups excluding carboxylic acids is 1. The van der Waals surface area contributed by atoms with Gasteiger partial charge in [0.2, 0.25) is 5.91 Å². The highest BCUT2D eigenvalue weighted by Gasteiger charge is 2.54. The first-order chi connectivity index (χ1) is 21.9. The summed E-state index contributed by atoms with van der Waals surface area (Å²) in [7, 11) is 3.29. The lowest BCUT2D eigenvalue weighted by Gasteiger charge is -2.55. The molecule has 0 saturated heterocycles. The normalized spacial score (nSPS) is 24.3. The molecule has 4 saturated carbocycles. The Kier molecular flexibility index (Phi) is 9.78. The number of benzene rings is 3. The Morgan fingerprint density at radius 1 is 0.800 bits per heavy atom. The lowest BCUT2D eigenvalue weighted by Crippen LogP contribution is -2.53. The van der Waals surface area contributed by atoms with Crippen molar-refractivity contribution >= 4 is 5.91 Å². The minimum absolute atomic E-state index is 0.0513. The maximum Gasteiger partial charge on any atom is 0.226 e. The predicted octanol–water partition coefficient (Wildman–Crippen LogP) is 6.11. The van der Waals surface area contributed by atoms with Gasteiger partial charge in [0.25, 0.3) is 0 Å². The van der Waals surface area contributed by atoms with Gasteiger partial charge in [-0.15, -0.1) is 0 Å². The molecule has 240 valence electrons. The van der Waals surface area contributed by atoms with Crippen LogP contribution in [0.25, 0.3) is 0 Å². The number of carbonyl (C=O) groups is 1. The first-order valence-corrected chi connectivity index (χ1v) is 16.5. The fraction of sp³-hybridized carbons (Fsp3) is 0.500. The van der Waals surface area contributed by atoms with Crippen LogP contribution in [-0.4, -0.2) is 57.7 Å². The second kappa shape index (κ2) is 13.9. The third kappa shape index (κ3) is 6.76. The third-order valence-corrected chi connectivity index (χ3v) is 10.2. The van der Waals surface area contributed by atoms with Crippen molar-refractivity contribution < 1.29 is 28.8 Å². The van der Waals surface area contributed by atoms with Gasteiger partial charge in [-0.2, -0.15) is 0 Å². The van der Waals surface area contributed by atoms with Crippen LogP contribution in [0, 0.1) is 23.2 Å². The number of hydrogen-bond donors (Lipinski definition) is 2. The van der Waals surface area contributed by atoms with E-state index < -0.39 is 11.7 Å². The van der Waals surface area contributed by atoms with E-state index in [-0.39, 0.29) is 24.5 Å². The van der Waals surface area contributed by atoms with E-state index in [4.69, 9.17) is 18.9 Å². The first kappa shape index (κ1) is 31.6. The largest absolute Gasteiger partial charge is 0.497 e. The van der Waals surface area contributed by atoms with Crippen LogP contribution < -0.4 is 14.8 Å². The Hall–Kier alpha value is -3.39. The van der Waals surface area contributed by atoms with Crippen LogP contribution in [0.2, 0.25) is 0 Å². The number of amides is 1. The van der Waals surface area contributed by atoms with Crippen molar-refractivity contribution in [3.05, 3.63) is 95.6 Å². The Balaban J connectivity index is 1.06. The number of hydrogen-bond acceptors (Lipinski definition) is 6. The number of rotatable bonds is 15. The SMILES string of the molecule is COc1ccc(C(OCC(O)COCCCNC(=O)C23CC4CC(CC(C4)C2)C3)(c2ccccc2)c2ccc(OC)cc2)cc1. The quantitative estimate of drug-likeness (QED) is 0.159. The smallest absolute Gasteiger partial charge is 0.226 e. The van der Waals surface area contributed by atoms with Crippen molar-refractivity contribution in [3.8, 4) is 11.5 Å². The average molecular weight is 614 g/mol. The van der Waals surface area contributed by atoms with Gasteiger partial charge in [0, 0.05) is 18.6 Å². The van der Waals surface area contributed by atoms with E-state index in [0.717, 1.165) is 65.2 Å². The summed E-state index contributed by atoms with van der Waals surface area (Å²) in [5.41, 5.74) is 1.62. The summed E-state index contributed by atoms with van der Waals surface area (Å²) in [6.45, 7) is 1.24. The average Bonchev–Trinajstić information content (AvgIpc) is 3.07. The van der Waals surface area contributed by atoms with Gasteiger partial charge in [0.05, 0.1) is 27.4 Å². The molecule has 7 rings (SSSR count). The van der Waals surface area contributed by atoms with E-state index in [2.05, 4.69) is 5.32 Å². The lowest BCUT2D eigenvalue weighted by atomic mass is 9.49. The zero-order valence-corrected chi connectivity index (χ0v) is 26.6. The fourth-order valence-corrected chi connectivity index (χ4v) is 8.52. The molecule has 4 fully saturated rings. The van der Waals surface area contributed by atoms with Crippen molar-refractivity contribution in [2.24, 2.45) is 23.2 Å². The van der Waals surface area contributed by atoms with Crippen molar-refractivity contribution in [2.45, 2.75) is 56.7 Å². The molecule has 7 nitrogen and oxygen atoms in total. The molecule has 4 bridgehead atoms. The molecule has 0 radical (unpaired) electrons. The molecule has 2 N–H and O–H groups in total. The summed E-state index contributed by atoms with van der Waals surface area (Å²) in [6, 6.07) is 25.7. The highest BCUT2D eigenvalue weighted by Crippen LogP contribution is 2.60. The Bertz CT molecular complexity index is 1310. The monoisotopic (exact) mass is 613 g/mol. The molecule has 45 heavy (non-hydrogen) atoms. The summed E-state index contributed by atoms with van der Waals surface area (Å²) in [5.74, 6) is 4.01. The summed E-state index contributed by atoms with van der Waals surface area (Å²) < 4.78 is 23.5. The first-order valence-electron chi connectivity index (χ1n) is 16.5. The molecule has 1 atom stereocenters. The lowest BCUT2D eigenvalue weighted by molar-refractivity contribution is -0.146. The molecule has 7 heteroatoms. The third-order valence-electron chi connectivity index (χ3n) is 10.2. The summed E-state index contributed by atoms with van der Waals surface area (Å²) in [4.78, 5) is 13.2. The summed E-state index contributed by atoms with van der Waals surface area (Å²) in [6.07, 6.45) is 7.08. The molecule has 0 spiro atoms. The molecule has 4 aliphatic carbocycles. The van der Waals surface area contributed by atoms with Gasteiger partial charge in [-0.25, -0.2) is 0 Å². The van der Waals surface area contributed by atoms with Gasteiger partial charge in [-0.3, -0.25) is 4.79 Å². The maximum atomic E-state index is 13.2. The second-order valence-electron chi connectivity index (χ2n) is 13.4. The highest BCUT2D eigenvalue weighted by molar-refractivity contribution is 5.83. The Morgan fingerprint density at radius 3 is 1.82 bits per heavy atom. The number of nitrogens with one attached hydrogen (secondary N) is 1. The highest BCUT2D eigenvalue weighted by atomic mass is 16.5. The number of ether oxygens (including phenoxy) is 4. The summed E-state index contributed by atoms with van der Waals surface area (Å²) in [5, 5.41) is 14.2. The van der Waals surface area contributed by atoms with Gasteiger partial charge in [0.15, 0.2) is 0 Å². The fourth-order valence-electron chi connectivity index (χ4n) is 8.52. The van der Waals surface area contributed by atoms with Crippen LogP contribution in [0.4, 0.5) is 0 Å². The van der Waals surface area contributed by atoms with Crippen LogP contribution in [0.5, 0.6) is 11.5 Å². The zero-order chi connectivity index (χ0) is 31.3. The summed E-state index contributed by atoms with van der Waals surface area (Å²) >= 11 is 0. The van der Waals surface area contributed by atoms with Gasteiger partial charge >= 0.3 is 0 Å². The minimum Gasteiger partial charge on any atom is -0.497 e. The Labute approximate surface area is 267 Å². The van der Waals surface area contributed by atoms with Crippen molar-refractivity contribution in [3.63, 3.8) is 0 Å². The van der Waals surface area contributed by atoms with Crippen molar-refractivity contribution in [1.29, 1.82) is 0 Å². The van der Waals surface area contributed by atoms with Gasteiger partial charge < -0.3 is 29.4 Å². The topological polar surface area (TPSA) is 86.3 Å². The van der Waals surface area contributed by atoms with E-state index >= 15 is 0 Å². The molecule has 1 amide bonds. The van der Waals surface area contributed by atoms with Gasteiger partial charge in [-0.05, 0) is 104 Å². The van der Waals surface area contributed by atoms with E-state index in [1.807, 2.05) is 78.9 Å². The number of aliphatic hydroxyl groups excluding tert-OH is 1. The molecule has 0 heterocycles. The molecule has 4 aliphatic rings. The van der Waals surface area contributed by atoms with E-state index in [1.54, 1.807) is 14.2 Å². The number of aliphatic hydroxyl groups is 1. The van der Waals surface area contributed by atoms with Gasteiger partial charge in [-0.1, -0.05) is 54.6 Å². The van der Waals surface area contributed by atoms with Gasteiger partial charge in [0.1, 0.15) is 23.2 Å². The zero-order valence-electron chi connectivity index (χ0n) is 26.6. The van der Waals surface area contributed by atoms with Crippen LogP contribution in [-0.2, 0) is 19.9 Å². The second-order valence-corrected chi connectivity index (χ2v) is 13.4. The van der Waals surface area contributed by atoms with Crippen LogP contribution >= 0.6 is 0 Å². The van der Waals surface area contributed by atoms with Crippen LogP contribution in [0.1, 0.15) is 61.6 Å². The molecular weight excluding hydrogens is 566 g/mol. The van der Waals surface area contributed by atoms with Crippen molar-refractivity contribution in [1.82, 2.24) is 5.32 Å². The maximum absolute atomic E-state index is 13.2. The molecular formula is C38H47NO6. The molecule has 0 aliphatic heterocycles. The molecule has 0 aromatic heterocycles. The van der Waals surface area contributed by atoms with E-state index in [0.29, 0.717) is 19.6 Å². The van der Waals surface area contributed by atoms with E-state index in [9.17, 15) is 9.90 Å². The standard InChI is InChI=1S/C38H47NO6/c1-42-34-13-9-31(10-14-34)38(30-7-4-3-5-8-30,32-11-15-35(43-2)16-12-32)45-26-33(40)25-44-18-6-17-39-36(41)37-22-27-19-28(23-37)21-29(20-27)24-37/h3-5,7-16,27-29,33,40H,6,17-26H2,1-2H3,(H,39,41). The predicted molar refractivity (Wildman–Crippen MR) is 173 cm³/mol. The van der Waals surface area contributed by atoms with E-state index in [1.165, 1.54) is 19.3 Å².